The minimum Gasteiger partial charge on any atom is -0.465 e. The predicted octanol–water partition coefficient (Wildman–Crippen LogP) is 5.12. The van der Waals surface area contributed by atoms with Crippen LogP contribution in [0.15, 0.2) is 67.8 Å². The van der Waals surface area contributed by atoms with Gasteiger partial charge in [-0.05, 0) is 68.9 Å². The smallest absolute Gasteiger partial charge is 0.311 e. The Morgan fingerprint density at radius 2 is 1.93 bits per heavy atom. The van der Waals surface area contributed by atoms with E-state index in [4.69, 9.17) is 4.74 Å². The molecular formula is C33H40N2O5S. The molecule has 41 heavy (non-hydrogen) atoms. The van der Waals surface area contributed by atoms with Crippen molar-refractivity contribution in [3.8, 4) is 0 Å². The van der Waals surface area contributed by atoms with Gasteiger partial charge in [-0.25, -0.2) is 0 Å². The fourth-order valence-corrected chi connectivity index (χ4v) is 9.49. The number of hydrogen-bond acceptors (Lipinski definition) is 6. The lowest BCUT2D eigenvalue weighted by Gasteiger charge is -2.38. The van der Waals surface area contributed by atoms with Crippen LogP contribution in [0.4, 0.5) is 5.69 Å². The number of fused-ring (bicyclic) bond motifs is 2. The van der Waals surface area contributed by atoms with E-state index >= 15 is 0 Å². The summed E-state index contributed by atoms with van der Waals surface area (Å²) in [6.07, 6.45) is 7.35. The van der Waals surface area contributed by atoms with Gasteiger partial charge in [0.15, 0.2) is 0 Å². The Morgan fingerprint density at radius 1 is 1.17 bits per heavy atom. The first kappa shape index (κ1) is 29.4. The lowest BCUT2D eigenvalue weighted by atomic mass is 9.66. The number of amides is 2. The molecule has 8 heteroatoms. The Hall–Kier alpha value is -3.10. The van der Waals surface area contributed by atoms with Crippen LogP contribution in [0.1, 0.15) is 46.0 Å². The Morgan fingerprint density at radius 3 is 2.63 bits per heavy atom. The van der Waals surface area contributed by atoms with Crippen molar-refractivity contribution in [1.29, 1.82) is 0 Å². The Bertz CT molecular complexity index is 1360. The van der Waals surface area contributed by atoms with Crippen LogP contribution in [0.2, 0.25) is 0 Å². The van der Waals surface area contributed by atoms with E-state index in [0.717, 1.165) is 35.7 Å². The van der Waals surface area contributed by atoms with Gasteiger partial charge in [-0.2, -0.15) is 0 Å². The van der Waals surface area contributed by atoms with Crippen molar-refractivity contribution in [2.75, 3.05) is 24.7 Å². The SMILES string of the molecule is C=CCCCCOC(=O)[C@H]1[C@H]2C(=O)N([C@H](C)CO)C(C(=O)N(CC=C)c3ccc4ccccc4c3)C23CC[C@]1(C)S3. The zero-order chi connectivity index (χ0) is 29.4. The lowest BCUT2D eigenvalue weighted by molar-refractivity contribution is -0.156. The van der Waals surface area contributed by atoms with Gasteiger partial charge in [0.05, 0.1) is 35.8 Å². The van der Waals surface area contributed by atoms with E-state index in [-0.39, 0.29) is 30.9 Å². The molecule has 0 aromatic heterocycles. The molecule has 0 radical (unpaired) electrons. The van der Waals surface area contributed by atoms with Gasteiger partial charge in [-0.3, -0.25) is 14.4 Å². The van der Waals surface area contributed by atoms with Crippen molar-refractivity contribution in [3.63, 3.8) is 0 Å². The van der Waals surface area contributed by atoms with Gasteiger partial charge in [-0.1, -0.05) is 42.5 Å². The van der Waals surface area contributed by atoms with E-state index in [0.29, 0.717) is 19.4 Å². The van der Waals surface area contributed by atoms with E-state index < -0.39 is 33.4 Å². The molecule has 2 unspecified atom stereocenters. The molecule has 2 bridgehead atoms. The summed E-state index contributed by atoms with van der Waals surface area (Å²) in [7, 11) is 0. The molecule has 2 aromatic carbocycles. The molecule has 6 atom stereocenters. The molecule has 218 valence electrons. The van der Waals surface area contributed by atoms with Gasteiger partial charge >= 0.3 is 5.97 Å². The second kappa shape index (κ2) is 11.6. The average molecular weight is 577 g/mol. The summed E-state index contributed by atoms with van der Waals surface area (Å²) in [5, 5.41) is 12.3. The summed E-state index contributed by atoms with van der Waals surface area (Å²) in [5.41, 5.74) is 0.719. The first-order valence-electron chi connectivity index (χ1n) is 14.5. The highest BCUT2D eigenvalue weighted by atomic mass is 32.2. The number of likely N-dealkylation sites (tertiary alicyclic amines) is 1. The zero-order valence-corrected chi connectivity index (χ0v) is 24.8. The third kappa shape index (κ3) is 4.89. The molecule has 3 heterocycles. The van der Waals surface area contributed by atoms with E-state index in [1.807, 2.05) is 55.5 Å². The summed E-state index contributed by atoms with van der Waals surface area (Å²) < 4.78 is 4.46. The molecule has 3 aliphatic heterocycles. The molecular weight excluding hydrogens is 536 g/mol. The van der Waals surface area contributed by atoms with E-state index in [1.54, 1.807) is 34.6 Å². The molecule has 7 nitrogen and oxygen atoms in total. The number of aliphatic hydroxyl groups is 1. The highest BCUT2D eigenvalue weighted by molar-refractivity contribution is 8.02. The number of aliphatic hydroxyl groups excluding tert-OH is 1. The molecule has 5 rings (SSSR count). The fourth-order valence-electron chi connectivity index (χ4n) is 7.16. The second-order valence-corrected chi connectivity index (χ2v) is 13.6. The fraction of sp³-hybridized carbons (Fsp3) is 0.485. The van der Waals surface area contributed by atoms with Gasteiger partial charge in [0.1, 0.15) is 6.04 Å². The topological polar surface area (TPSA) is 87.1 Å². The van der Waals surface area contributed by atoms with E-state index in [1.165, 1.54) is 0 Å². The quantitative estimate of drug-likeness (QED) is 0.214. The highest BCUT2D eigenvalue weighted by Crippen LogP contribution is 2.71. The normalized spacial score (nSPS) is 28.9. The van der Waals surface area contributed by atoms with Crippen LogP contribution in [0.25, 0.3) is 10.8 Å². The summed E-state index contributed by atoms with van der Waals surface area (Å²) in [6.45, 7) is 11.7. The van der Waals surface area contributed by atoms with Crippen LogP contribution in [0, 0.1) is 11.8 Å². The van der Waals surface area contributed by atoms with Crippen molar-refractivity contribution < 1.29 is 24.2 Å². The van der Waals surface area contributed by atoms with Crippen LogP contribution in [0.5, 0.6) is 0 Å². The maximum atomic E-state index is 14.7. The largest absolute Gasteiger partial charge is 0.465 e. The first-order valence-corrected chi connectivity index (χ1v) is 15.4. The molecule has 3 fully saturated rings. The molecule has 3 saturated heterocycles. The lowest BCUT2D eigenvalue weighted by Crippen LogP contribution is -2.57. The minimum absolute atomic E-state index is 0.216. The number of unbranched alkanes of at least 4 members (excludes halogenated alkanes) is 2. The van der Waals surface area contributed by atoms with Gasteiger partial charge in [0, 0.05) is 17.0 Å². The number of anilines is 1. The van der Waals surface area contributed by atoms with Crippen molar-refractivity contribution in [2.24, 2.45) is 11.8 Å². The maximum Gasteiger partial charge on any atom is 0.311 e. The van der Waals surface area contributed by atoms with Gasteiger partial charge in [0.2, 0.25) is 5.91 Å². The van der Waals surface area contributed by atoms with E-state index in [9.17, 15) is 19.5 Å². The number of hydrogen-bond donors (Lipinski definition) is 1. The molecule has 1 N–H and O–H groups in total. The molecule has 2 amide bonds. The van der Waals surface area contributed by atoms with Crippen LogP contribution >= 0.6 is 11.8 Å². The summed E-state index contributed by atoms with van der Waals surface area (Å²) in [5.74, 6) is -2.15. The first-order chi connectivity index (χ1) is 19.7. The highest BCUT2D eigenvalue weighted by Gasteiger charge is 2.78. The third-order valence-corrected chi connectivity index (χ3v) is 11.1. The third-order valence-electron chi connectivity index (χ3n) is 9.11. The number of allylic oxidation sites excluding steroid dienone is 1. The standard InChI is InChI=1S/C33H40N2O5S/c1-5-7-8-11-19-40-31(39)27-26-29(37)35(22(3)21-36)28(33(26)17-16-32(27,4)41-33)30(38)34(18-6-2)25-15-14-23-12-9-10-13-24(23)20-25/h5-6,9-10,12-15,20,22,26-28,36H,1-2,7-8,11,16-19,21H2,3-4H3/t22-,26+,27-,28?,32+,33?/m1/s1. The van der Waals surface area contributed by atoms with Crippen molar-refractivity contribution in [1.82, 2.24) is 4.90 Å². The van der Waals surface area contributed by atoms with Crippen molar-refractivity contribution >= 4 is 46.0 Å². The van der Waals surface area contributed by atoms with Crippen molar-refractivity contribution in [2.45, 2.75) is 67.5 Å². The zero-order valence-electron chi connectivity index (χ0n) is 24.0. The van der Waals surface area contributed by atoms with Crippen LogP contribution in [-0.4, -0.2) is 69.1 Å². The second-order valence-electron chi connectivity index (χ2n) is 11.7. The number of benzene rings is 2. The molecule has 0 saturated carbocycles. The maximum absolute atomic E-state index is 14.7. The minimum atomic E-state index is -0.828. The van der Waals surface area contributed by atoms with Gasteiger partial charge in [0.25, 0.3) is 5.91 Å². The summed E-state index contributed by atoms with van der Waals surface area (Å²) in [6, 6.07) is 12.4. The predicted molar refractivity (Wildman–Crippen MR) is 164 cm³/mol. The summed E-state index contributed by atoms with van der Waals surface area (Å²) >= 11 is 1.61. The Balaban J connectivity index is 1.52. The van der Waals surface area contributed by atoms with Gasteiger partial charge < -0.3 is 19.6 Å². The Kier molecular flexibility index (Phi) is 8.35. The number of ether oxygens (including phenoxy) is 1. The van der Waals surface area contributed by atoms with Crippen LogP contribution < -0.4 is 4.90 Å². The van der Waals surface area contributed by atoms with Gasteiger partial charge in [-0.15, -0.1) is 24.9 Å². The Labute approximate surface area is 246 Å². The summed E-state index contributed by atoms with van der Waals surface area (Å²) in [4.78, 5) is 45.8. The number of esters is 1. The number of rotatable bonds is 12. The molecule has 2 aromatic rings. The number of nitrogens with zero attached hydrogens (tertiary/aromatic N) is 2. The average Bonchev–Trinajstić information content (AvgIpc) is 3.55. The van der Waals surface area contributed by atoms with Crippen molar-refractivity contribution in [3.05, 3.63) is 67.8 Å². The van der Waals surface area contributed by atoms with E-state index in [2.05, 4.69) is 13.2 Å². The van der Waals surface area contributed by atoms with Crippen LogP contribution in [-0.2, 0) is 19.1 Å². The number of carbonyl (C=O) groups excluding carboxylic acids is 3. The molecule has 1 spiro atoms. The monoisotopic (exact) mass is 576 g/mol. The van der Waals surface area contributed by atoms with Crippen LogP contribution in [0.3, 0.4) is 0 Å². The molecule has 3 aliphatic rings. The molecule has 0 aliphatic carbocycles. The number of thioether (sulfide) groups is 1. The number of carbonyl (C=O) groups is 3.